The Morgan fingerprint density at radius 1 is 1.42 bits per heavy atom. The fraction of sp³-hybridized carbons (Fsp3) is 0.0769. The van der Waals surface area contributed by atoms with Gasteiger partial charge in [0.25, 0.3) is 0 Å². The largest absolute Gasteiger partial charge is 0.504 e. The Kier molecular flexibility index (Phi) is 3.82. The average molecular weight is 260 g/mol. The third-order valence-corrected chi connectivity index (χ3v) is 2.36. The number of furan rings is 1. The number of nitrogens with zero attached hydrogens (tertiary/aromatic N) is 1. The minimum absolute atomic E-state index is 0.0407. The first-order chi connectivity index (χ1) is 9.22. The molecule has 0 aliphatic heterocycles. The van der Waals surface area contributed by atoms with Gasteiger partial charge < -0.3 is 14.3 Å². The number of para-hydroxylation sites is 1. The van der Waals surface area contributed by atoms with Gasteiger partial charge in [-0.05, 0) is 24.3 Å². The number of carbonyl (C=O) groups is 1. The number of rotatable bonds is 4. The van der Waals surface area contributed by atoms with E-state index in [1.165, 1.54) is 25.7 Å². The predicted molar refractivity (Wildman–Crippen MR) is 68.4 cm³/mol. The van der Waals surface area contributed by atoms with Crippen LogP contribution in [0.15, 0.2) is 46.1 Å². The summed E-state index contributed by atoms with van der Waals surface area (Å²) in [6.45, 7) is 0. The molecule has 1 aromatic carbocycles. The van der Waals surface area contributed by atoms with Crippen molar-refractivity contribution in [3.63, 3.8) is 0 Å². The molecule has 2 aromatic rings. The van der Waals surface area contributed by atoms with Crippen molar-refractivity contribution >= 4 is 12.1 Å². The number of hydrogen-bond acceptors (Lipinski definition) is 5. The van der Waals surface area contributed by atoms with Crippen LogP contribution in [0.25, 0.3) is 0 Å². The van der Waals surface area contributed by atoms with Gasteiger partial charge in [0.2, 0.25) is 0 Å². The molecule has 0 atom stereocenters. The van der Waals surface area contributed by atoms with Crippen LogP contribution in [0.1, 0.15) is 16.1 Å². The van der Waals surface area contributed by atoms with Gasteiger partial charge in [-0.2, -0.15) is 5.10 Å². The van der Waals surface area contributed by atoms with Crippen LogP contribution in [0, 0.1) is 0 Å². The zero-order valence-electron chi connectivity index (χ0n) is 10.2. The standard InChI is InChI=1S/C13H12N2O4/c1-18-10-5-2-4-9(12(10)16)8-14-15-13(17)11-6-3-7-19-11/h2-8,16H,1H3,(H,15,17)/b14-8-. The Morgan fingerprint density at radius 3 is 2.95 bits per heavy atom. The lowest BCUT2D eigenvalue weighted by Crippen LogP contribution is -2.16. The maximum atomic E-state index is 11.5. The van der Waals surface area contributed by atoms with E-state index in [0.717, 1.165) is 0 Å². The van der Waals surface area contributed by atoms with Crippen molar-refractivity contribution in [3.05, 3.63) is 47.9 Å². The zero-order valence-corrected chi connectivity index (χ0v) is 10.2. The number of methoxy groups -OCH3 is 1. The molecular formula is C13H12N2O4. The highest BCUT2D eigenvalue weighted by atomic mass is 16.5. The van der Waals surface area contributed by atoms with Crippen molar-refractivity contribution in [3.8, 4) is 11.5 Å². The second-order valence-corrected chi connectivity index (χ2v) is 3.57. The number of hydrogen-bond donors (Lipinski definition) is 2. The van der Waals surface area contributed by atoms with Crippen molar-refractivity contribution in [2.24, 2.45) is 5.10 Å². The molecule has 98 valence electrons. The molecule has 2 rings (SSSR count). The molecule has 19 heavy (non-hydrogen) atoms. The van der Waals surface area contributed by atoms with Crippen molar-refractivity contribution in [1.82, 2.24) is 5.43 Å². The minimum Gasteiger partial charge on any atom is -0.504 e. The lowest BCUT2D eigenvalue weighted by Gasteiger charge is -2.04. The quantitative estimate of drug-likeness (QED) is 0.648. The summed E-state index contributed by atoms with van der Waals surface area (Å²) in [5.41, 5.74) is 2.71. The maximum Gasteiger partial charge on any atom is 0.307 e. The molecule has 1 amide bonds. The summed E-state index contributed by atoms with van der Waals surface area (Å²) in [6, 6.07) is 8.09. The van der Waals surface area contributed by atoms with Gasteiger partial charge in [0, 0.05) is 5.56 Å². The van der Waals surface area contributed by atoms with E-state index in [2.05, 4.69) is 10.5 Å². The van der Waals surface area contributed by atoms with Crippen LogP contribution in [-0.4, -0.2) is 24.3 Å². The van der Waals surface area contributed by atoms with E-state index in [4.69, 9.17) is 9.15 Å². The lowest BCUT2D eigenvalue weighted by molar-refractivity contribution is 0.0927. The summed E-state index contributed by atoms with van der Waals surface area (Å²) in [5.74, 6) is -0.0158. The molecule has 0 unspecified atom stereocenters. The molecule has 2 N–H and O–H groups in total. The highest BCUT2D eigenvalue weighted by Crippen LogP contribution is 2.27. The summed E-state index contributed by atoms with van der Waals surface area (Å²) in [4.78, 5) is 11.5. The molecule has 6 nitrogen and oxygen atoms in total. The van der Waals surface area contributed by atoms with E-state index < -0.39 is 5.91 Å². The van der Waals surface area contributed by atoms with Gasteiger partial charge in [-0.15, -0.1) is 0 Å². The molecule has 0 bridgehead atoms. The van der Waals surface area contributed by atoms with Gasteiger partial charge >= 0.3 is 5.91 Å². The van der Waals surface area contributed by atoms with E-state index in [1.807, 2.05) is 0 Å². The topological polar surface area (TPSA) is 84.1 Å². The fourth-order valence-electron chi connectivity index (χ4n) is 1.43. The van der Waals surface area contributed by atoms with Gasteiger partial charge in [0.1, 0.15) is 0 Å². The molecule has 6 heteroatoms. The van der Waals surface area contributed by atoms with Crippen LogP contribution in [0.4, 0.5) is 0 Å². The molecule has 0 saturated heterocycles. The van der Waals surface area contributed by atoms with E-state index in [1.54, 1.807) is 24.3 Å². The smallest absolute Gasteiger partial charge is 0.307 e. The number of phenols is 1. The number of aromatic hydroxyl groups is 1. The Bertz CT molecular complexity index is 591. The molecule has 0 aliphatic carbocycles. The molecule has 0 spiro atoms. The first kappa shape index (κ1) is 12.7. The third-order valence-electron chi connectivity index (χ3n) is 2.36. The van der Waals surface area contributed by atoms with Gasteiger partial charge in [-0.25, -0.2) is 5.43 Å². The second kappa shape index (κ2) is 5.72. The number of amides is 1. The molecule has 0 saturated carbocycles. The number of carbonyl (C=O) groups excluding carboxylic acids is 1. The van der Waals surface area contributed by atoms with Gasteiger partial charge in [0.05, 0.1) is 19.6 Å². The number of hydrazone groups is 1. The van der Waals surface area contributed by atoms with Crippen molar-refractivity contribution in [1.29, 1.82) is 0 Å². The summed E-state index contributed by atoms with van der Waals surface area (Å²) in [5, 5.41) is 13.5. The van der Waals surface area contributed by atoms with E-state index in [0.29, 0.717) is 11.3 Å². The molecule has 0 fully saturated rings. The van der Waals surface area contributed by atoms with Crippen LogP contribution < -0.4 is 10.2 Å². The Balaban J connectivity index is 2.05. The van der Waals surface area contributed by atoms with Crippen LogP contribution in [-0.2, 0) is 0 Å². The Labute approximate surface area is 109 Å². The Morgan fingerprint density at radius 2 is 2.26 bits per heavy atom. The molecule has 0 aliphatic rings. The number of benzene rings is 1. The highest BCUT2D eigenvalue weighted by Gasteiger charge is 2.07. The van der Waals surface area contributed by atoms with Gasteiger partial charge in [-0.3, -0.25) is 4.79 Å². The summed E-state index contributed by atoms with van der Waals surface area (Å²) in [7, 11) is 1.45. The second-order valence-electron chi connectivity index (χ2n) is 3.57. The number of nitrogens with one attached hydrogen (secondary N) is 1. The van der Waals surface area contributed by atoms with Crippen molar-refractivity contribution in [2.75, 3.05) is 7.11 Å². The van der Waals surface area contributed by atoms with Crippen LogP contribution in [0.5, 0.6) is 11.5 Å². The van der Waals surface area contributed by atoms with Crippen LogP contribution in [0.2, 0.25) is 0 Å². The lowest BCUT2D eigenvalue weighted by atomic mass is 10.2. The maximum absolute atomic E-state index is 11.5. The first-order valence-corrected chi connectivity index (χ1v) is 5.45. The molecule has 1 heterocycles. The minimum atomic E-state index is -0.469. The molecular weight excluding hydrogens is 248 g/mol. The average Bonchev–Trinajstić information content (AvgIpc) is 2.94. The van der Waals surface area contributed by atoms with Gasteiger partial charge in [0.15, 0.2) is 17.3 Å². The summed E-state index contributed by atoms with van der Waals surface area (Å²) < 4.78 is 9.86. The normalized spacial score (nSPS) is 10.6. The zero-order chi connectivity index (χ0) is 13.7. The van der Waals surface area contributed by atoms with E-state index in [9.17, 15) is 9.90 Å². The monoisotopic (exact) mass is 260 g/mol. The predicted octanol–water partition coefficient (Wildman–Crippen LogP) is 1.76. The summed E-state index contributed by atoms with van der Waals surface area (Å²) >= 11 is 0. The summed E-state index contributed by atoms with van der Waals surface area (Å²) in [6.07, 6.45) is 2.71. The Hall–Kier alpha value is -2.76. The van der Waals surface area contributed by atoms with E-state index in [-0.39, 0.29) is 11.5 Å². The van der Waals surface area contributed by atoms with Crippen LogP contribution in [0.3, 0.4) is 0 Å². The molecule has 1 aromatic heterocycles. The highest BCUT2D eigenvalue weighted by molar-refractivity contribution is 5.92. The van der Waals surface area contributed by atoms with Crippen molar-refractivity contribution in [2.45, 2.75) is 0 Å². The number of ether oxygens (including phenoxy) is 1. The fourth-order valence-corrected chi connectivity index (χ4v) is 1.43. The van der Waals surface area contributed by atoms with Crippen LogP contribution >= 0.6 is 0 Å². The molecule has 0 radical (unpaired) electrons. The van der Waals surface area contributed by atoms with Gasteiger partial charge in [-0.1, -0.05) is 6.07 Å². The first-order valence-electron chi connectivity index (χ1n) is 5.45. The number of phenolic OH excluding ortho intramolecular Hbond substituents is 1. The van der Waals surface area contributed by atoms with Crippen molar-refractivity contribution < 1.29 is 19.1 Å². The SMILES string of the molecule is COc1cccc(/C=N\NC(=O)c2ccco2)c1O. The van der Waals surface area contributed by atoms with E-state index >= 15 is 0 Å². The third kappa shape index (κ3) is 2.92.